The normalized spacial score (nSPS) is 29.5. The number of rotatable bonds is 7. The van der Waals surface area contributed by atoms with Crippen LogP contribution in [0, 0.1) is 17.8 Å². The third kappa shape index (κ3) is 5.35. The number of hydrogen-bond acceptors (Lipinski definition) is 5. The van der Waals surface area contributed by atoms with Crippen molar-refractivity contribution in [3.05, 3.63) is 50.9 Å². The van der Waals surface area contributed by atoms with E-state index in [1.54, 1.807) is 12.3 Å². The van der Waals surface area contributed by atoms with Crippen molar-refractivity contribution in [2.75, 3.05) is 30.4 Å². The molecule has 0 bridgehead atoms. The highest BCUT2D eigenvalue weighted by atomic mass is 35.5. The number of ether oxygens (including phenoxy) is 1. The number of benzene rings is 1. The number of fused-ring (bicyclic) bond motifs is 1. The van der Waals surface area contributed by atoms with Crippen LogP contribution in [0.3, 0.4) is 0 Å². The molecule has 3 atom stereocenters. The number of aromatic nitrogens is 2. The van der Waals surface area contributed by atoms with Crippen LogP contribution < -0.4 is 16.2 Å². The third-order valence-electron chi connectivity index (χ3n) is 8.54. The van der Waals surface area contributed by atoms with E-state index in [2.05, 4.69) is 15.7 Å². The summed E-state index contributed by atoms with van der Waals surface area (Å²) in [7, 11) is 0. The van der Waals surface area contributed by atoms with Gasteiger partial charge in [-0.05, 0) is 86.5 Å². The molecular formula is C27H32ClF3N4O2. The summed E-state index contributed by atoms with van der Waals surface area (Å²) in [5.41, 5.74) is 1.25. The Bertz CT molecular complexity index is 1210. The van der Waals surface area contributed by atoms with E-state index in [9.17, 15) is 18.0 Å². The van der Waals surface area contributed by atoms with Gasteiger partial charge in [0.05, 0.1) is 30.1 Å². The number of halogens is 4. The first kappa shape index (κ1) is 25.0. The minimum absolute atomic E-state index is 0.0495. The second-order valence-corrected chi connectivity index (χ2v) is 11.6. The summed E-state index contributed by atoms with van der Waals surface area (Å²) in [5, 5.41) is 11.4. The molecule has 200 valence electrons. The molecule has 4 aliphatic rings. The number of nitrogens with one attached hydrogen (secondary N) is 2. The molecule has 2 aromatic rings. The molecule has 2 heterocycles. The van der Waals surface area contributed by atoms with Gasteiger partial charge < -0.3 is 15.4 Å². The van der Waals surface area contributed by atoms with Gasteiger partial charge in [-0.3, -0.25) is 4.79 Å². The van der Waals surface area contributed by atoms with Crippen LogP contribution in [-0.2, 0) is 10.9 Å². The quantitative estimate of drug-likeness (QED) is 0.448. The monoisotopic (exact) mass is 536 g/mol. The Balaban J connectivity index is 1.07. The lowest BCUT2D eigenvalue weighted by Gasteiger charge is -2.31. The van der Waals surface area contributed by atoms with Gasteiger partial charge in [-0.1, -0.05) is 11.6 Å². The first-order chi connectivity index (χ1) is 17.8. The van der Waals surface area contributed by atoms with Gasteiger partial charge in [-0.25, -0.2) is 4.68 Å². The maximum absolute atomic E-state index is 13.2. The van der Waals surface area contributed by atoms with Gasteiger partial charge in [-0.15, -0.1) is 0 Å². The standard InChI is InChI=1S/C27H32ClF3N4O2/c28-25-24(32-11-17-14-37-13-16-9-21(16)17)12-33-35(26(25)36)20-6-4-19(5-7-20)34-23-8-3-18(27(29,30)31)10-22(23)15-1-2-15/h3,8,10,12,15-17,19-21,32,34H,1-2,4-7,9,11,13-14H2/t16-,17+,19?,20?,21-/m0/s1. The second kappa shape index (κ2) is 9.80. The summed E-state index contributed by atoms with van der Waals surface area (Å²) in [5.74, 6) is 2.03. The topological polar surface area (TPSA) is 68.2 Å². The fraction of sp³-hybridized carbons (Fsp3) is 0.630. The van der Waals surface area contributed by atoms with Gasteiger partial charge >= 0.3 is 6.18 Å². The van der Waals surface area contributed by atoms with Crippen molar-refractivity contribution >= 4 is 23.0 Å². The molecule has 10 heteroatoms. The summed E-state index contributed by atoms with van der Waals surface area (Å²) >= 11 is 6.46. The second-order valence-electron chi connectivity index (χ2n) is 11.2. The molecular weight excluding hydrogens is 505 g/mol. The number of alkyl halides is 3. The molecule has 1 aromatic heterocycles. The Morgan fingerprint density at radius 2 is 1.86 bits per heavy atom. The molecule has 0 radical (unpaired) electrons. The van der Waals surface area contributed by atoms with Crippen LogP contribution in [0.5, 0.6) is 0 Å². The van der Waals surface area contributed by atoms with Crippen molar-refractivity contribution < 1.29 is 17.9 Å². The molecule has 0 spiro atoms. The van der Waals surface area contributed by atoms with Crippen LogP contribution in [0.4, 0.5) is 24.5 Å². The summed E-state index contributed by atoms with van der Waals surface area (Å²) in [6, 6.07) is 4.12. The van der Waals surface area contributed by atoms with Crippen LogP contribution in [-0.4, -0.2) is 35.6 Å². The highest BCUT2D eigenvalue weighted by molar-refractivity contribution is 6.32. The summed E-state index contributed by atoms with van der Waals surface area (Å²) in [4.78, 5) is 13.0. The van der Waals surface area contributed by atoms with E-state index in [-0.39, 0.29) is 28.6 Å². The number of anilines is 2. The van der Waals surface area contributed by atoms with Crippen molar-refractivity contribution in [2.45, 2.75) is 69.1 Å². The molecule has 2 N–H and O–H groups in total. The Morgan fingerprint density at radius 1 is 1.08 bits per heavy atom. The number of nitrogens with zero attached hydrogens (tertiary/aromatic N) is 2. The first-order valence-electron chi connectivity index (χ1n) is 13.3. The van der Waals surface area contributed by atoms with Crippen molar-refractivity contribution in [3.63, 3.8) is 0 Å². The molecule has 0 unspecified atom stereocenters. The Labute approximate surface area is 218 Å². The summed E-state index contributed by atoms with van der Waals surface area (Å²) in [6.07, 6.45) is 3.47. The first-order valence-corrected chi connectivity index (χ1v) is 13.7. The summed E-state index contributed by atoms with van der Waals surface area (Å²) < 4.78 is 46.8. The Hall–Kier alpha value is -2.26. The molecule has 6 rings (SSSR count). The van der Waals surface area contributed by atoms with E-state index in [1.807, 2.05) is 0 Å². The van der Waals surface area contributed by atoms with Crippen molar-refractivity contribution in [3.8, 4) is 0 Å². The van der Waals surface area contributed by atoms with Crippen molar-refractivity contribution in [1.29, 1.82) is 0 Å². The van der Waals surface area contributed by atoms with E-state index in [0.717, 1.165) is 75.6 Å². The fourth-order valence-electron chi connectivity index (χ4n) is 6.10. The lowest BCUT2D eigenvalue weighted by molar-refractivity contribution is -0.137. The molecule has 4 fully saturated rings. The predicted octanol–water partition coefficient (Wildman–Crippen LogP) is 6.08. The Morgan fingerprint density at radius 3 is 2.59 bits per heavy atom. The Kier molecular flexibility index (Phi) is 6.63. The zero-order valence-corrected chi connectivity index (χ0v) is 21.3. The van der Waals surface area contributed by atoms with Crippen LogP contribution in [0.25, 0.3) is 0 Å². The van der Waals surface area contributed by atoms with Gasteiger partial charge in [0.2, 0.25) is 0 Å². The van der Waals surface area contributed by atoms with Crippen molar-refractivity contribution in [1.82, 2.24) is 9.78 Å². The zero-order valence-electron chi connectivity index (χ0n) is 20.6. The van der Waals surface area contributed by atoms with E-state index < -0.39 is 11.7 Å². The SMILES string of the molecule is O=c1c(Cl)c(NC[C@@H]2COC[C@@H]3C[C@H]23)cnn1C1CCC(Nc2ccc(C(F)(F)F)cc2C2CC2)CC1. The summed E-state index contributed by atoms with van der Waals surface area (Å²) in [6.45, 7) is 2.32. The van der Waals surface area contributed by atoms with Crippen LogP contribution in [0.1, 0.15) is 68.0 Å². The van der Waals surface area contributed by atoms with Crippen LogP contribution in [0.2, 0.25) is 5.02 Å². The van der Waals surface area contributed by atoms with E-state index in [0.29, 0.717) is 23.4 Å². The predicted molar refractivity (Wildman–Crippen MR) is 136 cm³/mol. The van der Waals surface area contributed by atoms with Gasteiger partial charge in [0, 0.05) is 30.8 Å². The van der Waals surface area contributed by atoms with Gasteiger partial charge in [0.1, 0.15) is 5.02 Å². The van der Waals surface area contributed by atoms with Crippen LogP contribution in [0.15, 0.2) is 29.2 Å². The molecule has 3 saturated carbocycles. The molecule has 37 heavy (non-hydrogen) atoms. The molecule has 1 aromatic carbocycles. The lowest BCUT2D eigenvalue weighted by atomic mass is 9.90. The van der Waals surface area contributed by atoms with Gasteiger partial charge in [0.25, 0.3) is 5.56 Å². The van der Waals surface area contributed by atoms with Crippen LogP contribution >= 0.6 is 11.6 Å². The molecule has 6 nitrogen and oxygen atoms in total. The van der Waals surface area contributed by atoms with Gasteiger partial charge in [-0.2, -0.15) is 18.3 Å². The average molecular weight is 537 g/mol. The van der Waals surface area contributed by atoms with E-state index in [4.69, 9.17) is 16.3 Å². The number of hydrogen-bond donors (Lipinski definition) is 2. The zero-order chi connectivity index (χ0) is 25.7. The third-order valence-corrected chi connectivity index (χ3v) is 8.91. The maximum atomic E-state index is 13.2. The lowest BCUT2D eigenvalue weighted by Crippen LogP contribution is -2.34. The average Bonchev–Trinajstić information content (AvgIpc) is 3.79. The smallest absolute Gasteiger partial charge is 0.382 e. The van der Waals surface area contributed by atoms with E-state index >= 15 is 0 Å². The minimum atomic E-state index is -4.34. The highest BCUT2D eigenvalue weighted by Crippen LogP contribution is 2.48. The van der Waals surface area contributed by atoms with E-state index in [1.165, 1.54) is 17.2 Å². The molecule has 3 aliphatic carbocycles. The molecule has 1 saturated heterocycles. The largest absolute Gasteiger partial charge is 0.416 e. The van der Waals surface area contributed by atoms with Gasteiger partial charge in [0.15, 0.2) is 0 Å². The van der Waals surface area contributed by atoms with Crippen molar-refractivity contribution in [2.24, 2.45) is 17.8 Å². The highest BCUT2D eigenvalue weighted by Gasteiger charge is 2.45. The molecule has 1 aliphatic heterocycles. The minimum Gasteiger partial charge on any atom is -0.382 e. The molecule has 0 amide bonds. The fourth-order valence-corrected chi connectivity index (χ4v) is 6.30. The maximum Gasteiger partial charge on any atom is 0.416 e.